The van der Waals surface area contributed by atoms with E-state index in [0.29, 0.717) is 0 Å². The lowest BCUT2D eigenvalue weighted by Gasteiger charge is -2.16. The second-order valence-corrected chi connectivity index (χ2v) is 26.6. The molecule has 486 valence electrons. The number of rotatable bonds is 14. The van der Waals surface area contributed by atoms with E-state index < -0.39 is 0 Å². The van der Waals surface area contributed by atoms with Gasteiger partial charge in [0.1, 0.15) is 11.6 Å². The molecule has 6 aromatic heterocycles. The van der Waals surface area contributed by atoms with E-state index in [4.69, 9.17) is 19.9 Å². The Hall–Kier alpha value is -13.9. The van der Waals surface area contributed by atoms with Crippen LogP contribution in [0.2, 0.25) is 0 Å². The zero-order valence-electron chi connectivity index (χ0n) is 56.6. The summed E-state index contributed by atoms with van der Waals surface area (Å²) in [7, 11) is 0. The number of nitrogens with zero attached hydrogens (tertiary/aromatic N) is 6. The van der Waals surface area contributed by atoms with Gasteiger partial charge in [0.05, 0.1) is 56.2 Å². The Morgan fingerprint density at radius 1 is 0.135 bits per heavy atom. The van der Waals surface area contributed by atoms with Gasteiger partial charge in [0.25, 0.3) is 0 Å². The molecular formula is C98H64N6. The van der Waals surface area contributed by atoms with Crippen molar-refractivity contribution in [3.63, 3.8) is 0 Å². The number of pyridine rings is 4. The third kappa shape index (κ3) is 11.6. The molecule has 19 aromatic rings. The van der Waals surface area contributed by atoms with Gasteiger partial charge < -0.3 is 0 Å². The van der Waals surface area contributed by atoms with Crippen LogP contribution in [0, 0.1) is 0 Å². The minimum absolute atomic E-state index is 0.797. The molecule has 0 bridgehead atoms. The van der Waals surface area contributed by atoms with E-state index in [2.05, 4.69) is 373 Å². The molecule has 0 radical (unpaired) electrons. The Morgan fingerprint density at radius 3 is 0.577 bits per heavy atom. The van der Waals surface area contributed by atoms with Crippen molar-refractivity contribution < 1.29 is 0 Å². The zero-order valence-corrected chi connectivity index (χ0v) is 56.6. The van der Waals surface area contributed by atoms with E-state index in [1.54, 1.807) is 0 Å². The number of hydrogen-bond acceptors (Lipinski definition) is 4. The SMILES string of the molecule is c1ccc(-c2ccc3c(c2)c2cc(-c4ccccc4)ccc2n3-c2cc(-c3ccc(-c4cc(-c5cc(-c6ccccc6)nc(-c6ccccc6)c5)nc(-c5cc(-c6ccccc6)nc(-c6ccccc6)c5)c4)cc3)cc(-n3c4ccc(-c5ccccc5)cc4c4cc(-c5ccccc5)ccc43)n2)cc1. The Morgan fingerprint density at radius 2 is 0.327 bits per heavy atom. The average molecular weight is 1330 g/mol. The van der Waals surface area contributed by atoms with Crippen molar-refractivity contribution in [1.29, 1.82) is 0 Å². The summed E-state index contributed by atoms with van der Waals surface area (Å²) in [6, 6.07) is 139. The molecule has 0 fully saturated rings. The number of aromatic nitrogens is 6. The molecule has 0 saturated carbocycles. The smallest absolute Gasteiger partial charge is 0.140 e. The van der Waals surface area contributed by atoms with E-state index in [1.807, 2.05) is 24.3 Å². The molecule has 0 N–H and O–H groups in total. The highest BCUT2D eigenvalue weighted by atomic mass is 15.1. The molecule has 6 heteroatoms. The van der Waals surface area contributed by atoms with Crippen molar-refractivity contribution in [2.75, 3.05) is 0 Å². The largest absolute Gasteiger partial charge is 0.294 e. The molecule has 0 aliphatic carbocycles. The minimum Gasteiger partial charge on any atom is -0.294 e. The van der Waals surface area contributed by atoms with Crippen LogP contribution in [0.5, 0.6) is 0 Å². The summed E-state index contributed by atoms with van der Waals surface area (Å²) in [4.78, 5) is 22.2. The normalized spacial score (nSPS) is 11.5. The maximum absolute atomic E-state index is 5.92. The Balaban J connectivity index is 0.827. The van der Waals surface area contributed by atoms with Gasteiger partial charge in [-0.2, -0.15) is 0 Å². The summed E-state index contributed by atoms with van der Waals surface area (Å²) in [6.45, 7) is 0. The van der Waals surface area contributed by atoms with Crippen LogP contribution in [0.4, 0.5) is 0 Å². The molecule has 19 rings (SSSR count). The van der Waals surface area contributed by atoms with Crippen LogP contribution in [-0.2, 0) is 0 Å². The minimum atomic E-state index is 0.797. The van der Waals surface area contributed by atoms with Gasteiger partial charge in [0.15, 0.2) is 0 Å². The Bertz CT molecular complexity index is 5730. The maximum atomic E-state index is 5.92. The Kier molecular flexibility index (Phi) is 15.5. The Labute approximate surface area is 603 Å². The first-order valence-corrected chi connectivity index (χ1v) is 35.3. The van der Waals surface area contributed by atoms with Crippen LogP contribution >= 0.6 is 0 Å². The number of hydrogen-bond donors (Lipinski definition) is 0. The molecule has 0 spiro atoms. The molecule has 0 saturated heterocycles. The van der Waals surface area contributed by atoms with E-state index in [0.717, 1.165) is 190 Å². The van der Waals surface area contributed by atoms with Gasteiger partial charge in [-0.15, -0.1) is 0 Å². The van der Waals surface area contributed by atoms with Gasteiger partial charge in [0, 0.05) is 54.9 Å². The fraction of sp³-hybridized carbons (Fsp3) is 0. The maximum Gasteiger partial charge on any atom is 0.140 e. The van der Waals surface area contributed by atoms with Gasteiger partial charge in [0.2, 0.25) is 0 Å². The van der Waals surface area contributed by atoms with Gasteiger partial charge in [-0.25, -0.2) is 19.9 Å². The van der Waals surface area contributed by atoms with Crippen molar-refractivity contribution in [3.05, 3.63) is 388 Å². The zero-order chi connectivity index (χ0) is 68.9. The summed E-state index contributed by atoms with van der Waals surface area (Å²) < 4.78 is 4.75. The molecule has 0 aliphatic heterocycles. The van der Waals surface area contributed by atoms with Crippen molar-refractivity contribution in [3.8, 4) is 146 Å². The van der Waals surface area contributed by atoms with Crippen LogP contribution in [0.3, 0.4) is 0 Å². The van der Waals surface area contributed by atoms with Crippen LogP contribution in [0.25, 0.3) is 190 Å². The van der Waals surface area contributed by atoms with Crippen molar-refractivity contribution >= 4 is 43.6 Å². The molecular weight excluding hydrogens is 1260 g/mol. The summed E-state index contributed by atoms with van der Waals surface area (Å²) in [5, 5.41) is 4.58. The van der Waals surface area contributed by atoms with Crippen LogP contribution in [0.1, 0.15) is 0 Å². The number of fused-ring (bicyclic) bond motifs is 6. The van der Waals surface area contributed by atoms with Crippen molar-refractivity contribution in [1.82, 2.24) is 29.1 Å². The topological polar surface area (TPSA) is 61.4 Å². The predicted octanol–water partition coefficient (Wildman–Crippen LogP) is 25.5. The highest BCUT2D eigenvalue weighted by Crippen LogP contribution is 2.43. The lowest BCUT2D eigenvalue weighted by Crippen LogP contribution is -2.04. The molecule has 0 amide bonds. The van der Waals surface area contributed by atoms with Gasteiger partial charge >= 0.3 is 0 Å². The summed E-state index contributed by atoms with van der Waals surface area (Å²) in [5.74, 6) is 1.59. The standard InChI is InChI=1S/C98H64N6/c1-9-25-65(26-10-1)75-45-49-93-83(53-75)84-54-76(66-27-11-2-12-28-66)46-50-94(84)103(93)97-63-80(64-98(102-97)104-95-51-47-77(67-29-13-3-14-30-67)55-85(95)86-56-78(48-52-96(86)104)68-31-15-4-16-32-68)70-43-41-69(42-44-70)79-57-91(81-59-87(71-33-17-5-18-34-71)99-88(60-81)72-35-19-6-20-36-72)101-92(58-79)82-61-89(73-37-21-7-22-38-73)100-90(62-82)74-39-23-8-24-40-74/h1-64H. The van der Waals surface area contributed by atoms with E-state index in [-0.39, 0.29) is 0 Å². The molecule has 104 heavy (non-hydrogen) atoms. The molecule has 0 atom stereocenters. The van der Waals surface area contributed by atoms with Crippen LogP contribution < -0.4 is 0 Å². The summed E-state index contributed by atoms with van der Waals surface area (Å²) in [6.07, 6.45) is 0. The molecule has 6 nitrogen and oxygen atoms in total. The van der Waals surface area contributed by atoms with Crippen LogP contribution in [0.15, 0.2) is 388 Å². The fourth-order valence-corrected chi connectivity index (χ4v) is 14.9. The number of benzene rings is 13. The second-order valence-electron chi connectivity index (χ2n) is 26.6. The third-order valence-corrected chi connectivity index (χ3v) is 20.1. The molecule has 0 aliphatic rings. The third-order valence-electron chi connectivity index (χ3n) is 20.1. The molecule has 6 heterocycles. The highest BCUT2D eigenvalue weighted by molar-refractivity contribution is 6.13. The monoisotopic (exact) mass is 1320 g/mol. The first-order chi connectivity index (χ1) is 51.5. The predicted molar refractivity (Wildman–Crippen MR) is 432 cm³/mol. The van der Waals surface area contributed by atoms with Crippen molar-refractivity contribution in [2.24, 2.45) is 0 Å². The van der Waals surface area contributed by atoms with Gasteiger partial charge in [-0.3, -0.25) is 9.13 Å². The van der Waals surface area contributed by atoms with E-state index in [9.17, 15) is 0 Å². The van der Waals surface area contributed by atoms with E-state index in [1.165, 1.54) is 0 Å². The quantitative estimate of drug-likeness (QED) is 0.109. The first kappa shape index (κ1) is 61.2. The van der Waals surface area contributed by atoms with Crippen LogP contribution in [-0.4, -0.2) is 29.1 Å². The summed E-state index contributed by atoms with van der Waals surface area (Å²) >= 11 is 0. The first-order valence-electron chi connectivity index (χ1n) is 35.3. The van der Waals surface area contributed by atoms with Crippen molar-refractivity contribution in [2.45, 2.75) is 0 Å². The highest BCUT2D eigenvalue weighted by Gasteiger charge is 2.23. The molecule has 13 aromatic carbocycles. The summed E-state index contributed by atoms with van der Waals surface area (Å²) in [5.41, 5.74) is 28.7. The van der Waals surface area contributed by atoms with Gasteiger partial charge in [-0.05, 0) is 164 Å². The fourth-order valence-electron chi connectivity index (χ4n) is 14.9. The second kappa shape index (κ2) is 26.3. The van der Waals surface area contributed by atoms with Gasteiger partial charge in [-0.1, -0.05) is 291 Å². The van der Waals surface area contributed by atoms with E-state index >= 15 is 0 Å². The lowest BCUT2D eigenvalue weighted by molar-refractivity contribution is 1.01. The average Bonchev–Trinajstić information content (AvgIpc) is 1.58. The molecule has 0 unspecified atom stereocenters. The lowest BCUT2D eigenvalue weighted by atomic mass is 9.96.